The molecule has 0 aromatic rings. The largest absolute Gasteiger partial charge is 0.423 e. The molecular weight excluding hydrogens is 252 g/mol. The molecule has 0 amide bonds. The molecule has 0 aromatic heterocycles. The number of hydrogen-bond donors (Lipinski definition) is 0. The Labute approximate surface area is 76.7 Å². The van der Waals surface area contributed by atoms with Crippen LogP contribution in [0.4, 0.5) is 17.6 Å². The van der Waals surface area contributed by atoms with Gasteiger partial charge in [-0.3, -0.25) is 0 Å². The van der Waals surface area contributed by atoms with E-state index in [4.69, 9.17) is 0 Å². The third kappa shape index (κ3) is 0.879. The van der Waals surface area contributed by atoms with Crippen LogP contribution in [-0.4, -0.2) is 31.9 Å². The average Bonchev–Trinajstić information content (AvgIpc) is 2.05. The molecule has 1 fully saturated rings. The van der Waals surface area contributed by atoms with E-state index in [9.17, 15) is 34.4 Å². The molecule has 14 heavy (non-hydrogen) atoms. The van der Waals surface area contributed by atoms with Crippen molar-refractivity contribution in [2.75, 3.05) is 0 Å². The van der Waals surface area contributed by atoms with E-state index in [1.165, 1.54) is 0 Å². The normalized spacial score (nSPS) is 32.9. The lowest BCUT2D eigenvalue weighted by molar-refractivity contribution is -0.0920. The molecule has 0 aliphatic carbocycles. The summed E-state index contributed by atoms with van der Waals surface area (Å²) in [5.74, 6) is 0. The molecule has 0 aromatic carbocycles. The van der Waals surface area contributed by atoms with Crippen LogP contribution in [0.3, 0.4) is 0 Å². The molecular formula is C4H4F4O4S2. The molecule has 0 atom stereocenters. The summed E-state index contributed by atoms with van der Waals surface area (Å²) in [6.45, 7) is 0.291. The molecule has 4 nitrogen and oxygen atoms in total. The molecule has 10 heteroatoms. The van der Waals surface area contributed by atoms with Crippen LogP contribution in [0.2, 0.25) is 0 Å². The first-order chi connectivity index (χ1) is 5.90. The third-order valence-corrected chi connectivity index (χ3v) is 7.27. The van der Waals surface area contributed by atoms with Gasteiger partial charge in [-0.25, -0.2) is 16.8 Å². The van der Waals surface area contributed by atoms with Crippen LogP contribution in [0.5, 0.6) is 0 Å². The van der Waals surface area contributed by atoms with Gasteiger partial charge in [0.1, 0.15) is 0 Å². The summed E-state index contributed by atoms with van der Waals surface area (Å²) >= 11 is 0. The van der Waals surface area contributed by atoms with Gasteiger partial charge < -0.3 is 0 Å². The number of rotatable bonds is 0. The van der Waals surface area contributed by atoms with E-state index in [-0.39, 0.29) is 0 Å². The van der Waals surface area contributed by atoms with Crippen LogP contribution < -0.4 is 0 Å². The second-order valence-corrected chi connectivity index (χ2v) is 7.61. The van der Waals surface area contributed by atoms with Crippen molar-refractivity contribution in [2.45, 2.75) is 22.0 Å². The maximum Gasteiger partial charge on any atom is 0.423 e. The van der Waals surface area contributed by atoms with Gasteiger partial charge in [-0.1, -0.05) is 0 Å². The molecule has 0 unspecified atom stereocenters. The summed E-state index contributed by atoms with van der Waals surface area (Å²) in [5.41, 5.74) is 0. The Balaban J connectivity index is 3.73. The first kappa shape index (κ1) is 11.7. The van der Waals surface area contributed by atoms with Gasteiger partial charge in [-0.05, 0) is 6.92 Å². The lowest BCUT2D eigenvalue weighted by Crippen LogP contribution is -2.42. The molecule has 0 saturated carbocycles. The molecule has 1 aliphatic rings. The molecule has 0 spiro atoms. The molecule has 1 aliphatic heterocycles. The van der Waals surface area contributed by atoms with Gasteiger partial charge in [0, 0.05) is 0 Å². The van der Waals surface area contributed by atoms with Gasteiger partial charge in [0.15, 0.2) is 4.58 Å². The smallest absolute Gasteiger partial charge is 0.221 e. The topological polar surface area (TPSA) is 68.3 Å². The summed E-state index contributed by atoms with van der Waals surface area (Å²) < 4.78 is 89.9. The van der Waals surface area contributed by atoms with E-state index in [0.29, 0.717) is 6.92 Å². The predicted octanol–water partition coefficient (Wildman–Crippen LogP) is 0.361. The lowest BCUT2D eigenvalue weighted by Gasteiger charge is -2.14. The lowest BCUT2D eigenvalue weighted by atomic mass is 10.7. The fourth-order valence-electron chi connectivity index (χ4n) is 0.915. The van der Waals surface area contributed by atoms with Crippen LogP contribution in [0.25, 0.3) is 0 Å². The molecule has 84 valence electrons. The third-order valence-electron chi connectivity index (χ3n) is 1.93. The van der Waals surface area contributed by atoms with Crippen LogP contribution in [0.15, 0.2) is 0 Å². The highest BCUT2D eigenvalue weighted by Gasteiger charge is 2.82. The van der Waals surface area contributed by atoms with Gasteiger partial charge in [-0.2, -0.15) is 17.6 Å². The zero-order valence-electron chi connectivity index (χ0n) is 6.54. The van der Waals surface area contributed by atoms with E-state index in [2.05, 4.69) is 0 Å². The highest BCUT2D eigenvalue weighted by atomic mass is 32.3. The van der Waals surface area contributed by atoms with E-state index in [0.717, 1.165) is 0 Å². The minimum atomic E-state index is -5.69. The Bertz CT molecular complexity index is 418. The van der Waals surface area contributed by atoms with Crippen LogP contribution in [-0.2, 0) is 19.7 Å². The first-order valence-corrected chi connectivity index (χ1v) is 6.22. The molecule has 1 heterocycles. The zero-order valence-corrected chi connectivity index (χ0v) is 8.17. The fourth-order valence-corrected chi connectivity index (χ4v) is 5.17. The predicted molar refractivity (Wildman–Crippen MR) is 37.2 cm³/mol. The summed E-state index contributed by atoms with van der Waals surface area (Å²) in [4.78, 5) is 0. The molecule has 0 radical (unpaired) electrons. The quantitative estimate of drug-likeness (QED) is 0.587. The summed E-state index contributed by atoms with van der Waals surface area (Å²) in [6.07, 6.45) is 0. The average molecular weight is 256 g/mol. The van der Waals surface area contributed by atoms with Crippen molar-refractivity contribution >= 4 is 19.7 Å². The molecule has 1 saturated heterocycles. The van der Waals surface area contributed by atoms with Crippen molar-refractivity contribution in [3.63, 3.8) is 0 Å². The minimum Gasteiger partial charge on any atom is -0.221 e. The summed E-state index contributed by atoms with van der Waals surface area (Å²) in [7, 11) is -11.4. The number of alkyl halides is 4. The van der Waals surface area contributed by atoms with Gasteiger partial charge in [0.25, 0.3) is 0 Å². The van der Waals surface area contributed by atoms with E-state index in [1.54, 1.807) is 0 Å². The molecule has 1 rings (SSSR count). The maximum atomic E-state index is 12.5. The van der Waals surface area contributed by atoms with Gasteiger partial charge in [0.05, 0.1) is 0 Å². The molecule has 0 N–H and O–H groups in total. The van der Waals surface area contributed by atoms with Crippen molar-refractivity contribution in [3.05, 3.63) is 0 Å². The second kappa shape index (κ2) is 2.40. The van der Waals surface area contributed by atoms with E-state index < -0.39 is 34.8 Å². The fraction of sp³-hybridized carbons (Fsp3) is 1.00. The van der Waals surface area contributed by atoms with E-state index in [1.807, 2.05) is 0 Å². The van der Waals surface area contributed by atoms with Gasteiger partial charge in [0.2, 0.25) is 19.7 Å². The number of sulfone groups is 2. The van der Waals surface area contributed by atoms with Gasteiger partial charge in [-0.15, -0.1) is 0 Å². The number of hydrogen-bond acceptors (Lipinski definition) is 4. The van der Waals surface area contributed by atoms with Crippen molar-refractivity contribution < 1.29 is 34.4 Å². The van der Waals surface area contributed by atoms with Crippen molar-refractivity contribution in [2.24, 2.45) is 0 Å². The van der Waals surface area contributed by atoms with Crippen LogP contribution in [0, 0.1) is 0 Å². The Kier molecular flexibility index (Phi) is 2.01. The van der Waals surface area contributed by atoms with Crippen molar-refractivity contribution in [1.29, 1.82) is 0 Å². The Morgan fingerprint density at radius 2 is 1.07 bits per heavy atom. The standard InChI is InChI=1S/C4H4F4O4S2/c1-2-13(9,10)3(5,6)4(7,8)14(2,11)12/h2H,1H3. The zero-order chi connectivity index (χ0) is 11.6. The van der Waals surface area contributed by atoms with Crippen LogP contribution in [0.1, 0.15) is 6.92 Å². The van der Waals surface area contributed by atoms with Crippen molar-refractivity contribution in [1.82, 2.24) is 0 Å². The van der Waals surface area contributed by atoms with Gasteiger partial charge >= 0.3 is 10.5 Å². The highest BCUT2D eigenvalue weighted by molar-refractivity contribution is 8.13. The van der Waals surface area contributed by atoms with E-state index >= 15 is 0 Å². The Hall–Kier alpha value is -0.380. The summed E-state index contributed by atoms with van der Waals surface area (Å²) in [5, 5.41) is -11.1. The summed E-state index contributed by atoms with van der Waals surface area (Å²) in [6, 6.07) is 0. The Morgan fingerprint density at radius 1 is 0.857 bits per heavy atom. The van der Waals surface area contributed by atoms with Crippen LogP contribution >= 0.6 is 0 Å². The Morgan fingerprint density at radius 3 is 1.14 bits per heavy atom. The monoisotopic (exact) mass is 256 g/mol. The maximum absolute atomic E-state index is 12.5. The molecule has 0 bridgehead atoms. The first-order valence-electron chi connectivity index (χ1n) is 3.13. The number of halogens is 4. The highest BCUT2D eigenvalue weighted by Crippen LogP contribution is 2.52. The minimum absolute atomic E-state index is 0.291. The van der Waals surface area contributed by atoms with Crippen molar-refractivity contribution in [3.8, 4) is 0 Å². The second-order valence-electron chi connectivity index (χ2n) is 2.69. The SMILES string of the molecule is CC1S(=O)(=O)C(F)(F)C(F)(F)S1(=O)=O.